The first-order valence-corrected chi connectivity index (χ1v) is 5.59. The maximum absolute atomic E-state index is 10.2. The number of phosphoric acid groups is 1. The number of hydrogen-bond donors (Lipinski definition) is 6. The topological polar surface area (TPSA) is 165 Å². The second-order valence-corrected chi connectivity index (χ2v) is 4.20. The molecule has 1 unspecified atom stereocenters. The van der Waals surface area contributed by atoms with Gasteiger partial charge in [-0.1, -0.05) is 0 Å². The Bertz CT molecular complexity index is 263. The molecular weight excluding hydrogens is 247 g/mol. The predicted octanol–water partition coefficient (Wildman–Crippen LogP) is -3.26. The van der Waals surface area contributed by atoms with Gasteiger partial charge >= 0.3 is 7.82 Å². The predicted molar refractivity (Wildman–Crippen MR) is 48.1 cm³/mol. The highest BCUT2D eigenvalue weighted by molar-refractivity contribution is 7.46. The summed E-state index contributed by atoms with van der Waals surface area (Å²) in [7, 11) is -4.80. The molecule has 0 saturated heterocycles. The number of aliphatic hydroxyl groups excluding tert-OH is 4. The average molecular weight is 260 g/mol. The molecule has 0 aliphatic rings. The molecule has 0 aromatic heterocycles. The van der Waals surface area contributed by atoms with Crippen LogP contribution in [0.15, 0.2) is 0 Å². The van der Waals surface area contributed by atoms with Crippen LogP contribution in [0.3, 0.4) is 0 Å². The smallest absolute Gasteiger partial charge is 0.388 e. The van der Waals surface area contributed by atoms with Crippen molar-refractivity contribution in [3.8, 4) is 0 Å². The van der Waals surface area contributed by atoms with E-state index in [0.717, 1.165) is 0 Å². The van der Waals surface area contributed by atoms with Crippen LogP contribution in [0, 0.1) is 0 Å². The largest absolute Gasteiger partial charge is 0.469 e. The lowest BCUT2D eigenvalue weighted by Crippen LogP contribution is -2.46. The zero-order valence-electron chi connectivity index (χ0n) is 7.95. The van der Waals surface area contributed by atoms with Gasteiger partial charge in [-0.2, -0.15) is 0 Å². The SMILES string of the molecule is O=C[C@H](O)[C@@H](O)[C@H](O)C(O)COP(=O)(O)O. The minimum absolute atomic E-state index is 0.0650. The van der Waals surface area contributed by atoms with Crippen molar-refractivity contribution in [2.75, 3.05) is 6.61 Å². The minimum Gasteiger partial charge on any atom is -0.388 e. The van der Waals surface area contributed by atoms with Crippen LogP contribution in [0.25, 0.3) is 0 Å². The van der Waals surface area contributed by atoms with Crippen molar-refractivity contribution in [1.82, 2.24) is 0 Å². The lowest BCUT2D eigenvalue weighted by atomic mass is 10.0. The number of aldehydes is 1. The lowest BCUT2D eigenvalue weighted by Gasteiger charge is -2.23. The Morgan fingerprint density at radius 3 is 2.00 bits per heavy atom. The summed E-state index contributed by atoms with van der Waals surface area (Å²) in [6.07, 6.45) is -7.80. The molecule has 96 valence electrons. The first kappa shape index (κ1) is 15.6. The van der Waals surface area contributed by atoms with Gasteiger partial charge < -0.3 is 35.0 Å². The zero-order chi connectivity index (χ0) is 12.9. The number of hydrogen-bond acceptors (Lipinski definition) is 7. The highest BCUT2D eigenvalue weighted by Gasteiger charge is 2.31. The van der Waals surface area contributed by atoms with E-state index in [4.69, 9.17) is 30.2 Å². The summed E-state index contributed by atoms with van der Waals surface area (Å²) >= 11 is 0. The molecule has 0 spiro atoms. The number of phosphoric ester groups is 1. The molecule has 0 aromatic rings. The molecule has 10 heteroatoms. The molecule has 0 saturated carbocycles. The van der Waals surface area contributed by atoms with E-state index >= 15 is 0 Å². The van der Waals surface area contributed by atoms with Crippen LogP contribution < -0.4 is 0 Å². The Labute approximate surface area is 90.2 Å². The third-order valence-corrected chi connectivity index (χ3v) is 2.13. The van der Waals surface area contributed by atoms with Crippen LogP contribution >= 0.6 is 7.82 Å². The summed E-state index contributed by atoms with van der Waals surface area (Å²) in [4.78, 5) is 26.6. The van der Waals surface area contributed by atoms with Crippen LogP contribution in [0.2, 0.25) is 0 Å². The van der Waals surface area contributed by atoms with Crippen LogP contribution in [0.1, 0.15) is 0 Å². The highest BCUT2D eigenvalue weighted by Crippen LogP contribution is 2.35. The Hall–Kier alpha value is -0.380. The van der Waals surface area contributed by atoms with Crippen molar-refractivity contribution < 1.29 is 44.1 Å². The fourth-order valence-corrected chi connectivity index (χ4v) is 1.13. The van der Waals surface area contributed by atoms with Crippen molar-refractivity contribution in [2.45, 2.75) is 24.4 Å². The first-order chi connectivity index (χ1) is 7.19. The molecule has 6 N–H and O–H groups in total. The Morgan fingerprint density at radius 2 is 1.62 bits per heavy atom. The van der Waals surface area contributed by atoms with Crippen molar-refractivity contribution in [3.05, 3.63) is 0 Å². The number of carbonyl (C=O) groups is 1. The van der Waals surface area contributed by atoms with Gasteiger partial charge in [0.15, 0.2) is 6.29 Å². The van der Waals surface area contributed by atoms with E-state index in [1.54, 1.807) is 0 Å². The maximum atomic E-state index is 10.2. The summed E-state index contributed by atoms with van der Waals surface area (Å²) in [6.45, 7) is -0.964. The van der Waals surface area contributed by atoms with Crippen LogP contribution in [0.5, 0.6) is 0 Å². The third-order valence-electron chi connectivity index (χ3n) is 1.65. The first-order valence-electron chi connectivity index (χ1n) is 4.06. The molecule has 0 radical (unpaired) electrons. The molecule has 0 aliphatic heterocycles. The molecule has 0 aromatic carbocycles. The fourth-order valence-electron chi connectivity index (χ4n) is 0.782. The highest BCUT2D eigenvalue weighted by atomic mass is 31.2. The van der Waals surface area contributed by atoms with E-state index in [-0.39, 0.29) is 6.29 Å². The van der Waals surface area contributed by atoms with Gasteiger partial charge in [0.1, 0.15) is 24.4 Å². The normalized spacial score (nSPS) is 19.9. The second-order valence-electron chi connectivity index (χ2n) is 2.96. The third kappa shape index (κ3) is 5.64. The lowest BCUT2D eigenvalue weighted by molar-refractivity contribution is -0.136. The van der Waals surface area contributed by atoms with E-state index in [1.165, 1.54) is 0 Å². The summed E-state index contributed by atoms with van der Waals surface area (Å²) in [5.74, 6) is 0. The monoisotopic (exact) mass is 260 g/mol. The van der Waals surface area contributed by atoms with Gasteiger partial charge in [0.05, 0.1) is 6.61 Å². The van der Waals surface area contributed by atoms with Gasteiger partial charge in [-0.3, -0.25) is 4.52 Å². The van der Waals surface area contributed by atoms with Crippen LogP contribution in [0.4, 0.5) is 0 Å². The second kappa shape index (κ2) is 6.38. The van der Waals surface area contributed by atoms with Gasteiger partial charge in [0.25, 0.3) is 0 Å². The molecule has 0 rings (SSSR count). The maximum Gasteiger partial charge on any atom is 0.469 e. The van der Waals surface area contributed by atoms with Crippen LogP contribution in [-0.2, 0) is 13.9 Å². The van der Waals surface area contributed by atoms with E-state index in [2.05, 4.69) is 4.52 Å². The van der Waals surface area contributed by atoms with Gasteiger partial charge in [-0.05, 0) is 0 Å². The van der Waals surface area contributed by atoms with E-state index < -0.39 is 38.8 Å². The summed E-state index contributed by atoms with van der Waals surface area (Å²) < 4.78 is 14.1. The molecule has 16 heavy (non-hydrogen) atoms. The Balaban J connectivity index is 4.22. The van der Waals surface area contributed by atoms with Crippen molar-refractivity contribution >= 4 is 14.1 Å². The van der Waals surface area contributed by atoms with Crippen molar-refractivity contribution in [1.29, 1.82) is 0 Å². The van der Waals surface area contributed by atoms with E-state index in [9.17, 15) is 9.36 Å². The molecular formula is C6H13O9P. The van der Waals surface area contributed by atoms with Gasteiger partial charge in [0, 0.05) is 0 Å². The molecule has 0 heterocycles. The Morgan fingerprint density at radius 1 is 1.12 bits per heavy atom. The number of carbonyl (C=O) groups excluding carboxylic acids is 1. The van der Waals surface area contributed by atoms with E-state index in [0.29, 0.717) is 0 Å². The quantitative estimate of drug-likeness (QED) is 0.203. The minimum atomic E-state index is -4.80. The standard InChI is InChI=1S/C6H13O9P/c7-1-3(8)5(10)6(11)4(9)2-15-16(12,13)14/h1,3-6,8-11H,2H2,(H2,12,13,14)/t3-,4?,5+,6+/m0/s1. The van der Waals surface area contributed by atoms with Gasteiger partial charge in [-0.25, -0.2) is 4.57 Å². The number of rotatable bonds is 7. The molecule has 0 aliphatic carbocycles. The number of aliphatic hydroxyl groups is 4. The average Bonchev–Trinajstić information content (AvgIpc) is 2.21. The molecule has 4 atom stereocenters. The van der Waals surface area contributed by atoms with Gasteiger partial charge in [0.2, 0.25) is 0 Å². The van der Waals surface area contributed by atoms with Crippen molar-refractivity contribution in [3.63, 3.8) is 0 Å². The molecule has 0 amide bonds. The van der Waals surface area contributed by atoms with Gasteiger partial charge in [-0.15, -0.1) is 0 Å². The summed E-state index contributed by atoms with van der Waals surface area (Å²) in [5.41, 5.74) is 0. The fraction of sp³-hybridized carbons (Fsp3) is 0.833. The molecule has 9 nitrogen and oxygen atoms in total. The molecule has 0 bridgehead atoms. The molecule has 0 fully saturated rings. The summed E-state index contributed by atoms with van der Waals surface area (Å²) in [5, 5.41) is 36.1. The van der Waals surface area contributed by atoms with Crippen LogP contribution in [-0.4, -0.2) is 67.5 Å². The Kier molecular flexibility index (Phi) is 6.23. The van der Waals surface area contributed by atoms with E-state index in [1.807, 2.05) is 0 Å². The van der Waals surface area contributed by atoms with Crippen molar-refractivity contribution in [2.24, 2.45) is 0 Å². The summed E-state index contributed by atoms with van der Waals surface area (Å²) in [6, 6.07) is 0. The zero-order valence-corrected chi connectivity index (χ0v) is 8.84.